The molecule has 8 nitrogen and oxygen atoms in total. The second-order valence-electron chi connectivity index (χ2n) is 3.95. The SMILES string of the molecule is NC(N)=Nc1ccc(C(=O)Nc2[nH]c(=O)ncc2F)cc1. The van der Waals surface area contributed by atoms with E-state index in [1.54, 1.807) is 0 Å². The van der Waals surface area contributed by atoms with Gasteiger partial charge in [0.15, 0.2) is 17.6 Å². The molecule has 108 valence electrons. The summed E-state index contributed by atoms with van der Waals surface area (Å²) in [4.78, 5) is 32.0. The lowest BCUT2D eigenvalue weighted by Crippen LogP contribution is -2.21. The van der Waals surface area contributed by atoms with Gasteiger partial charge in [-0.3, -0.25) is 9.78 Å². The van der Waals surface area contributed by atoms with Crippen molar-refractivity contribution in [2.24, 2.45) is 16.5 Å². The Hall–Kier alpha value is -3.23. The lowest BCUT2D eigenvalue weighted by molar-refractivity contribution is 0.102. The van der Waals surface area contributed by atoms with Crippen molar-refractivity contribution in [1.29, 1.82) is 0 Å². The summed E-state index contributed by atoms with van der Waals surface area (Å²) in [7, 11) is 0. The molecule has 0 bridgehead atoms. The highest BCUT2D eigenvalue weighted by Crippen LogP contribution is 2.14. The van der Waals surface area contributed by atoms with Crippen molar-refractivity contribution in [3.8, 4) is 0 Å². The molecule has 0 aliphatic rings. The fraction of sp³-hybridized carbons (Fsp3) is 0. The molecule has 1 amide bonds. The molecule has 6 N–H and O–H groups in total. The van der Waals surface area contributed by atoms with Crippen LogP contribution in [0.25, 0.3) is 0 Å². The van der Waals surface area contributed by atoms with Crippen LogP contribution in [0.15, 0.2) is 40.2 Å². The van der Waals surface area contributed by atoms with Gasteiger partial charge in [-0.15, -0.1) is 0 Å². The molecule has 0 atom stereocenters. The van der Waals surface area contributed by atoms with Gasteiger partial charge in [0.05, 0.1) is 11.9 Å². The predicted octanol–water partition coefficient (Wildman–Crippen LogP) is 0.0662. The summed E-state index contributed by atoms with van der Waals surface area (Å²) in [5.74, 6) is -1.91. The number of benzene rings is 1. The zero-order valence-corrected chi connectivity index (χ0v) is 10.6. The summed E-state index contributed by atoms with van der Waals surface area (Å²) in [6, 6.07) is 5.93. The Morgan fingerprint density at radius 1 is 1.29 bits per heavy atom. The normalized spacial score (nSPS) is 9.95. The van der Waals surface area contributed by atoms with E-state index in [0.29, 0.717) is 5.69 Å². The number of hydrogen-bond donors (Lipinski definition) is 4. The molecule has 21 heavy (non-hydrogen) atoms. The van der Waals surface area contributed by atoms with Crippen molar-refractivity contribution in [3.05, 3.63) is 52.3 Å². The third-order valence-electron chi connectivity index (χ3n) is 2.39. The molecule has 0 aliphatic heterocycles. The second-order valence-corrected chi connectivity index (χ2v) is 3.95. The Morgan fingerprint density at radius 2 is 1.95 bits per heavy atom. The number of hydrogen-bond acceptors (Lipinski definition) is 4. The number of guanidine groups is 1. The number of H-pyrrole nitrogens is 1. The molecule has 0 unspecified atom stereocenters. The summed E-state index contributed by atoms with van der Waals surface area (Å²) in [5.41, 5.74) is 10.4. The molecule has 9 heteroatoms. The first-order chi connectivity index (χ1) is 9.95. The first kappa shape index (κ1) is 14.2. The van der Waals surface area contributed by atoms with Crippen LogP contribution in [0.2, 0.25) is 0 Å². The van der Waals surface area contributed by atoms with Crippen molar-refractivity contribution in [2.45, 2.75) is 0 Å². The van der Waals surface area contributed by atoms with Crippen molar-refractivity contribution < 1.29 is 9.18 Å². The van der Waals surface area contributed by atoms with Crippen LogP contribution in [0.1, 0.15) is 10.4 Å². The van der Waals surface area contributed by atoms with E-state index >= 15 is 0 Å². The van der Waals surface area contributed by atoms with Gasteiger partial charge in [-0.1, -0.05) is 0 Å². The van der Waals surface area contributed by atoms with Crippen LogP contribution in [0.4, 0.5) is 15.9 Å². The van der Waals surface area contributed by atoms with E-state index in [9.17, 15) is 14.0 Å². The molecule has 1 aromatic heterocycles. The zero-order valence-electron chi connectivity index (χ0n) is 10.6. The standard InChI is InChI=1S/C12H11FN6O2/c13-8-5-16-12(21)19-9(8)18-10(20)6-1-3-7(4-2-6)17-11(14)15/h1-5H,(H4,14,15,17)(H2,16,18,19,20,21). The largest absolute Gasteiger partial charge is 0.370 e. The lowest BCUT2D eigenvalue weighted by Gasteiger charge is -2.05. The maximum absolute atomic E-state index is 13.4. The molecule has 0 saturated heterocycles. The molecule has 0 radical (unpaired) electrons. The Labute approximate surface area is 117 Å². The smallest absolute Gasteiger partial charge is 0.346 e. The van der Waals surface area contributed by atoms with Crippen molar-refractivity contribution in [3.63, 3.8) is 0 Å². The Morgan fingerprint density at radius 3 is 2.57 bits per heavy atom. The summed E-state index contributed by atoms with van der Waals surface area (Å²) < 4.78 is 13.4. The van der Waals surface area contributed by atoms with E-state index in [1.807, 2.05) is 0 Å². The minimum absolute atomic E-state index is 0.108. The molecule has 1 aromatic carbocycles. The van der Waals surface area contributed by atoms with Gasteiger partial charge in [0.25, 0.3) is 5.91 Å². The summed E-state index contributed by atoms with van der Waals surface area (Å²) in [6.45, 7) is 0. The average molecular weight is 290 g/mol. The predicted molar refractivity (Wildman–Crippen MR) is 74.7 cm³/mol. The Balaban J connectivity index is 2.19. The number of carbonyl (C=O) groups excluding carboxylic acids is 1. The van der Waals surface area contributed by atoms with E-state index in [4.69, 9.17) is 11.5 Å². The van der Waals surface area contributed by atoms with E-state index in [1.165, 1.54) is 24.3 Å². The van der Waals surface area contributed by atoms with E-state index in [2.05, 4.69) is 20.3 Å². The van der Waals surface area contributed by atoms with Crippen molar-refractivity contribution in [2.75, 3.05) is 5.32 Å². The molecule has 1 heterocycles. The number of nitrogens with one attached hydrogen (secondary N) is 2. The van der Waals surface area contributed by atoms with Crippen LogP contribution >= 0.6 is 0 Å². The third kappa shape index (κ3) is 3.62. The van der Waals surface area contributed by atoms with E-state index < -0.39 is 17.4 Å². The number of carbonyl (C=O) groups is 1. The Bertz CT molecular complexity index is 749. The number of rotatable bonds is 3. The third-order valence-corrected chi connectivity index (χ3v) is 2.39. The summed E-state index contributed by atoms with van der Waals surface area (Å²) >= 11 is 0. The molecule has 0 fully saturated rings. The molecular formula is C12H11FN6O2. The average Bonchev–Trinajstić information content (AvgIpc) is 2.43. The van der Waals surface area contributed by atoms with Crippen LogP contribution in [0, 0.1) is 5.82 Å². The highest BCUT2D eigenvalue weighted by Gasteiger charge is 2.10. The van der Waals surface area contributed by atoms with Gasteiger partial charge < -0.3 is 16.8 Å². The molecule has 0 spiro atoms. The van der Waals surface area contributed by atoms with Crippen LogP contribution in [0.3, 0.4) is 0 Å². The van der Waals surface area contributed by atoms with Crippen LogP contribution < -0.4 is 22.5 Å². The van der Waals surface area contributed by atoms with Gasteiger partial charge in [-0.2, -0.15) is 4.98 Å². The van der Waals surface area contributed by atoms with Crippen molar-refractivity contribution >= 4 is 23.4 Å². The minimum Gasteiger partial charge on any atom is -0.370 e. The summed E-state index contributed by atoms with van der Waals surface area (Å²) in [5, 5.41) is 2.23. The maximum Gasteiger partial charge on any atom is 0.346 e. The van der Waals surface area contributed by atoms with Gasteiger partial charge in [-0.25, -0.2) is 14.2 Å². The van der Waals surface area contributed by atoms with Gasteiger partial charge in [0.2, 0.25) is 0 Å². The maximum atomic E-state index is 13.4. The van der Waals surface area contributed by atoms with E-state index in [-0.39, 0.29) is 17.3 Å². The fourth-order valence-electron chi connectivity index (χ4n) is 1.49. The number of nitrogens with zero attached hydrogens (tertiary/aromatic N) is 2. The molecule has 2 aromatic rings. The highest BCUT2D eigenvalue weighted by atomic mass is 19.1. The Kier molecular flexibility index (Phi) is 3.93. The fourth-order valence-corrected chi connectivity index (χ4v) is 1.49. The van der Waals surface area contributed by atoms with Gasteiger partial charge in [-0.05, 0) is 24.3 Å². The van der Waals surface area contributed by atoms with Gasteiger partial charge in [0.1, 0.15) is 0 Å². The monoisotopic (exact) mass is 290 g/mol. The van der Waals surface area contributed by atoms with Gasteiger partial charge >= 0.3 is 5.69 Å². The molecule has 0 saturated carbocycles. The molecule has 0 aliphatic carbocycles. The molecular weight excluding hydrogens is 279 g/mol. The first-order valence-electron chi connectivity index (χ1n) is 5.71. The summed E-state index contributed by atoms with van der Waals surface area (Å²) in [6.07, 6.45) is 0.719. The minimum atomic E-state index is -0.847. The van der Waals surface area contributed by atoms with Crippen LogP contribution in [-0.4, -0.2) is 21.8 Å². The topological polar surface area (TPSA) is 139 Å². The number of halogens is 1. The van der Waals surface area contributed by atoms with Gasteiger partial charge in [0, 0.05) is 5.56 Å². The quantitative estimate of drug-likeness (QED) is 0.467. The number of anilines is 1. The number of aliphatic imine (C=N–C) groups is 1. The number of amides is 1. The lowest BCUT2D eigenvalue weighted by atomic mass is 10.2. The molecule has 2 rings (SSSR count). The van der Waals surface area contributed by atoms with E-state index in [0.717, 1.165) is 6.20 Å². The number of nitrogens with two attached hydrogens (primary N) is 2. The number of aromatic nitrogens is 2. The number of aromatic amines is 1. The van der Waals surface area contributed by atoms with Crippen LogP contribution in [-0.2, 0) is 0 Å². The van der Waals surface area contributed by atoms with Crippen molar-refractivity contribution in [1.82, 2.24) is 9.97 Å². The second kappa shape index (κ2) is 5.82. The zero-order chi connectivity index (χ0) is 15.4. The highest BCUT2D eigenvalue weighted by molar-refractivity contribution is 6.03. The first-order valence-corrected chi connectivity index (χ1v) is 5.71. The van der Waals surface area contributed by atoms with Crippen LogP contribution in [0.5, 0.6) is 0 Å².